The Bertz CT molecular complexity index is 953. The minimum Gasteiger partial charge on any atom is -0.483 e. The summed E-state index contributed by atoms with van der Waals surface area (Å²) < 4.78 is 20.6. The van der Waals surface area contributed by atoms with Crippen LogP contribution in [0, 0.1) is 5.82 Å². The second kappa shape index (κ2) is 11.7. The average Bonchev–Trinajstić information content (AvgIpc) is 2.78. The van der Waals surface area contributed by atoms with Crippen molar-refractivity contribution in [3.63, 3.8) is 0 Å². The molecule has 5 nitrogen and oxygen atoms in total. The summed E-state index contributed by atoms with van der Waals surface area (Å²) in [6, 6.07) is 10.6. The smallest absolute Gasteiger partial charge is 0.261 e. The first-order valence-electron chi connectivity index (χ1n) is 10.8. The molecule has 1 aliphatic carbocycles. The lowest BCUT2D eigenvalue weighted by molar-refractivity contribution is -0.142. The van der Waals surface area contributed by atoms with E-state index in [0.29, 0.717) is 20.8 Å². The lowest BCUT2D eigenvalue weighted by Crippen LogP contribution is -2.51. The zero-order valence-electron chi connectivity index (χ0n) is 18.0. The van der Waals surface area contributed by atoms with Crippen molar-refractivity contribution in [2.24, 2.45) is 0 Å². The third-order valence-corrected chi connectivity index (χ3v) is 6.52. The van der Waals surface area contributed by atoms with Crippen LogP contribution in [0.25, 0.3) is 0 Å². The number of nitrogens with zero attached hydrogens (tertiary/aromatic N) is 1. The summed E-state index contributed by atoms with van der Waals surface area (Å²) in [5, 5.41) is 3.59. The van der Waals surface area contributed by atoms with Crippen molar-refractivity contribution in [2.45, 2.75) is 57.7 Å². The van der Waals surface area contributed by atoms with Gasteiger partial charge in [0.05, 0.1) is 4.47 Å². The van der Waals surface area contributed by atoms with Crippen LogP contribution in [0.2, 0.25) is 5.02 Å². The van der Waals surface area contributed by atoms with Crippen molar-refractivity contribution in [2.75, 3.05) is 6.61 Å². The molecule has 8 heteroatoms. The van der Waals surface area contributed by atoms with E-state index in [1.165, 1.54) is 17.4 Å². The molecule has 1 N–H and O–H groups in total. The third-order valence-electron chi connectivity index (χ3n) is 5.66. The van der Waals surface area contributed by atoms with E-state index in [4.69, 9.17) is 16.3 Å². The lowest BCUT2D eigenvalue weighted by Gasteiger charge is -2.31. The summed E-state index contributed by atoms with van der Waals surface area (Å²) in [5.74, 6) is -0.630. The number of benzene rings is 2. The van der Waals surface area contributed by atoms with Crippen LogP contribution >= 0.6 is 27.5 Å². The highest BCUT2D eigenvalue weighted by Crippen LogP contribution is 2.28. The van der Waals surface area contributed by atoms with E-state index in [2.05, 4.69) is 21.2 Å². The maximum Gasteiger partial charge on any atom is 0.261 e. The van der Waals surface area contributed by atoms with Gasteiger partial charge < -0.3 is 15.0 Å². The van der Waals surface area contributed by atoms with Crippen LogP contribution < -0.4 is 10.1 Å². The number of nitrogens with one attached hydrogen (secondary N) is 1. The Morgan fingerprint density at radius 3 is 2.62 bits per heavy atom. The van der Waals surface area contributed by atoms with E-state index in [-0.39, 0.29) is 25.1 Å². The minimum atomic E-state index is -0.777. The molecule has 1 fully saturated rings. The minimum absolute atomic E-state index is 0.0318. The molecule has 1 saturated carbocycles. The van der Waals surface area contributed by atoms with E-state index in [9.17, 15) is 14.0 Å². The zero-order chi connectivity index (χ0) is 23.1. The monoisotopic (exact) mass is 524 g/mol. The predicted molar refractivity (Wildman–Crippen MR) is 126 cm³/mol. The SMILES string of the molecule is C[C@H](C(=O)NC1CCCCC1)N(Cc1ccccc1F)C(=O)COc1ccc(Cl)cc1Br. The lowest BCUT2D eigenvalue weighted by atomic mass is 9.95. The summed E-state index contributed by atoms with van der Waals surface area (Å²) >= 11 is 9.31. The van der Waals surface area contributed by atoms with Gasteiger partial charge in [-0.1, -0.05) is 49.1 Å². The van der Waals surface area contributed by atoms with Gasteiger partial charge in [0.1, 0.15) is 17.6 Å². The molecule has 32 heavy (non-hydrogen) atoms. The maximum absolute atomic E-state index is 14.3. The Labute approximate surface area is 201 Å². The molecule has 2 aromatic rings. The number of rotatable bonds is 8. The molecule has 0 unspecified atom stereocenters. The molecule has 0 aromatic heterocycles. The van der Waals surface area contributed by atoms with Crippen LogP contribution in [-0.2, 0) is 16.1 Å². The molecule has 1 atom stereocenters. The molecule has 172 valence electrons. The summed E-state index contributed by atoms with van der Waals surface area (Å²) in [4.78, 5) is 27.4. The topological polar surface area (TPSA) is 58.6 Å². The largest absolute Gasteiger partial charge is 0.483 e. The number of hydrogen-bond acceptors (Lipinski definition) is 3. The number of amides is 2. The van der Waals surface area contributed by atoms with Crippen molar-refractivity contribution >= 4 is 39.3 Å². The van der Waals surface area contributed by atoms with E-state index in [0.717, 1.165) is 25.7 Å². The van der Waals surface area contributed by atoms with Crippen molar-refractivity contribution in [3.05, 3.63) is 63.3 Å². The molecule has 0 aliphatic heterocycles. The summed E-state index contributed by atoms with van der Waals surface area (Å²) in [6.07, 6.45) is 5.22. The Kier molecular flexibility index (Phi) is 8.93. The highest BCUT2D eigenvalue weighted by atomic mass is 79.9. The van der Waals surface area contributed by atoms with Gasteiger partial charge in [-0.2, -0.15) is 0 Å². The first-order chi connectivity index (χ1) is 15.3. The Hall–Kier alpha value is -2.12. The molecular formula is C24H27BrClFN2O3. The van der Waals surface area contributed by atoms with Crippen molar-refractivity contribution in [3.8, 4) is 5.75 Å². The van der Waals surface area contributed by atoms with Crippen LogP contribution in [0.3, 0.4) is 0 Å². The molecule has 0 radical (unpaired) electrons. The van der Waals surface area contributed by atoms with Gasteiger partial charge in [-0.3, -0.25) is 9.59 Å². The first-order valence-corrected chi connectivity index (χ1v) is 11.9. The summed E-state index contributed by atoms with van der Waals surface area (Å²) in [7, 11) is 0. The van der Waals surface area contributed by atoms with Crippen molar-refractivity contribution in [1.82, 2.24) is 10.2 Å². The molecule has 0 bridgehead atoms. The maximum atomic E-state index is 14.3. The Balaban J connectivity index is 1.73. The van der Waals surface area contributed by atoms with Crippen LogP contribution in [0.5, 0.6) is 5.75 Å². The quantitative estimate of drug-likeness (QED) is 0.496. The molecule has 1 aliphatic rings. The van der Waals surface area contributed by atoms with Gasteiger partial charge in [-0.25, -0.2) is 4.39 Å². The van der Waals surface area contributed by atoms with Crippen molar-refractivity contribution in [1.29, 1.82) is 0 Å². The molecule has 0 heterocycles. The second-order valence-corrected chi connectivity index (χ2v) is 9.29. The highest BCUT2D eigenvalue weighted by molar-refractivity contribution is 9.10. The highest BCUT2D eigenvalue weighted by Gasteiger charge is 2.29. The number of carbonyl (C=O) groups excluding carboxylic acids is 2. The molecule has 0 saturated heterocycles. The third kappa shape index (κ3) is 6.69. The van der Waals surface area contributed by atoms with Crippen molar-refractivity contribution < 1.29 is 18.7 Å². The van der Waals surface area contributed by atoms with Gasteiger partial charge in [-0.05, 0) is 60.0 Å². The van der Waals surface area contributed by atoms with Crippen LogP contribution in [-0.4, -0.2) is 35.4 Å². The summed E-state index contributed by atoms with van der Waals surface area (Å²) in [6.45, 7) is 1.33. The Morgan fingerprint density at radius 2 is 1.94 bits per heavy atom. The molecule has 2 aromatic carbocycles. The normalized spacial score (nSPS) is 15.1. The van der Waals surface area contributed by atoms with E-state index in [1.54, 1.807) is 43.3 Å². The van der Waals surface area contributed by atoms with Gasteiger partial charge in [0.2, 0.25) is 5.91 Å². The Morgan fingerprint density at radius 1 is 1.22 bits per heavy atom. The molecule has 3 rings (SSSR count). The number of ether oxygens (including phenoxy) is 1. The van der Waals surface area contributed by atoms with Gasteiger partial charge in [0.15, 0.2) is 6.61 Å². The van der Waals surface area contributed by atoms with Crippen LogP contribution in [0.4, 0.5) is 4.39 Å². The number of hydrogen-bond donors (Lipinski definition) is 1. The standard InChI is InChI=1S/C24H27BrClFN2O3/c1-16(24(31)28-19-8-3-2-4-9-19)29(14-17-7-5-6-10-21(17)27)23(30)15-32-22-12-11-18(26)13-20(22)25/h5-7,10-13,16,19H,2-4,8-9,14-15H2,1H3,(H,28,31)/t16-/m1/s1. The van der Waals surface area contributed by atoms with Gasteiger partial charge in [0, 0.05) is 23.2 Å². The van der Waals surface area contributed by atoms with Crippen LogP contribution in [0.15, 0.2) is 46.9 Å². The first kappa shape index (κ1) is 24.5. The van der Waals surface area contributed by atoms with Gasteiger partial charge in [-0.15, -0.1) is 0 Å². The van der Waals surface area contributed by atoms with E-state index >= 15 is 0 Å². The van der Waals surface area contributed by atoms with E-state index < -0.39 is 17.8 Å². The number of carbonyl (C=O) groups is 2. The molecule has 2 amide bonds. The number of halogens is 3. The average molecular weight is 526 g/mol. The molecule has 0 spiro atoms. The van der Waals surface area contributed by atoms with E-state index in [1.807, 2.05) is 0 Å². The fourth-order valence-corrected chi connectivity index (χ4v) is 4.57. The fraction of sp³-hybridized carbons (Fsp3) is 0.417. The van der Waals surface area contributed by atoms with Gasteiger partial charge >= 0.3 is 0 Å². The van der Waals surface area contributed by atoms with Gasteiger partial charge in [0.25, 0.3) is 5.91 Å². The zero-order valence-corrected chi connectivity index (χ0v) is 20.3. The fourth-order valence-electron chi connectivity index (χ4n) is 3.78. The predicted octanol–water partition coefficient (Wildman–Crippen LogP) is 5.49. The molecular weight excluding hydrogens is 499 g/mol. The summed E-state index contributed by atoms with van der Waals surface area (Å²) in [5.41, 5.74) is 0.339. The van der Waals surface area contributed by atoms with Crippen LogP contribution in [0.1, 0.15) is 44.6 Å². The second-order valence-electron chi connectivity index (χ2n) is 8.00.